The molecule has 0 saturated heterocycles. The molecule has 0 amide bonds. The molecule has 0 aromatic heterocycles. The number of rotatable bonds is 14. The Balaban J connectivity index is 1.53. The Morgan fingerprint density at radius 2 is 1.78 bits per heavy atom. The van der Waals surface area contributed by atoms with Gasteiger partial charge < -0.3 is 19.9 Å². The van der Waals surface area contributed by atoms with Gasteiger partial charge in [-0.15, -0.1) is 0 Å². The SMILES string of the molecule is CSCC[C@H](NCc1ccc(OCc2cccc(-c3ccccc3)c2Br)cc1OCc1cccc(C#N)c1)C(=O)O. The van der Waals surface area contributed by atoms with E-state index in [2.05, 4.69) is 45.5 Å². The van der Waals surface area contributed by atoms with Crippen LogP contribution in [0.5, 0.6) is 11.5 Å². The molecular formula is C33H31BrN2O4S. The second-order valence-electron chi connectivity index (χ2n) is 9.36. The molecule has 41 heavy (non-hydrogen) atoms. The van der Waals surface area contributed by atoms with Gasteiger partial charge in [-0.1, -0.05) is 66.7 Å². The summed E-state index contributed by atoms with van der Waals surface area (Å²) >= 11 is 5.37. The van der Waals surface area contributed by atoms with Gasteiger partial charge in [-0.2, -0.15) is 17.0 Å². The molecule has 0 aliphatic carbocycles. The van der Waals surface area contributed by atoms with Gasteiger partial charge in [0.25, 0.3) is 0 Å². The van der Waals surface area contributed by atoms with E-state index in [-0.39, 0.29) is 6.61 Å². The molecule has 8 heteroatoms. The summed E-state index contributed by atoms with van der Waals surface area (Å²) in [5, 5.41) is 22.0. The van der Waals surface area contributed by atoms with Gasteiger partial charge in [0.2, 0.25) is 0 Å². The van der Waals surface area contributed by atoms with Crippen molar-refractivity contribution in [2.75, 3.05) is 12.0 Å². The summed E-state index contributed by atoms with van der Waals surface area (Å²) in [6.07, 6.45) is 2.48. The maximum Gasteiger partial charge on any atom is 0.320 e. The van der Waals surface area contributed by atoms with Crippen molar-refractivity contribution >= 4 is 33.7 Å². The molecule has 4 aromatic carbocycles. The lowest BCUT2D eigenvalue weighted by Crippen LogP contribution is -2.36. The fourth-order valence-corrected chi connectivity index (χ4v) is 5.35. The number of nitrogens with zero attached hydrogens (tertiary/aromatic N) is 1. The van der Waals surface area contributed by atoms with E-state index in [1.807, 2.05) is 66.9 Å². The molecule has 1 atom stereocenters. The first kappa shape index (κ1) is 30.2. The average molecular weight is 632 g/mol. The molecule has 0 unspecified atom stereocenters. The molecule has 0 aliphatic rings. The second kappa shape index (κ2) is 15.3. The lowest BCUT2D eigenvalue weighted by Gasteiger charge is -2.18. The molecule has 4 rings (SSSR count). The number of benzene rings is 4. The molecule has 6 nitrogen and oxygen atoms in total. The minimum absolute atomic E-state index is 0.255. The first-order valence-corrected chi connectivity index (χ1v) is 15.3. The molecule has 0 aliphatic heterocycles. The van der Waals surface area contributed by atoms with Crippen molar-refractivity contribution in [1.82, 2.24) is 5.32 Å². The van der Waals surface area contributed by atoms with Gasteiger partial charge in [0.15, 0.2) is 0 Å². The number of thioether (sulfide) groups is 1. The fourth-order valence-electron chi connectivity index (χ4n) is 4.27. The highest BCUT2D eigenvalue weighted by molar-refractivity contribution is 9.10. The molecule has 2 N–H and O–H groups in total. The van der Waals surface area contributed by atoms with E-state index < -0.39 is 12.0 Å². The number of carbonyl (C=O) groups is 1. The zero-order valence-corrected chi connectivity index (χ0v) is 25.1. The van der Waals surface area contributed by atoms with Crippen LogP contribution in [0.15, 0.2) is 95.5 Å². The number of ether oxygens (including phenoxy) is 2. The molecular weight excluding hydrogens is 600 g/mol. The van der Waals surface area contributed by atoms with Gasteiger partial charge in [0.1, 0.15) is 30.8 Å². The van der Waals surface area contributed by atoms with Crippen molar-refractivity contribution in [3.8, 4) is 28.7 Å². The summed E-state index contributed by atoms with van der Waals surface area (Å²) < 4.78 is 13.4. The molecule has 0 fully saturated rings. The third-order valence-corrected chi connectivity index (χ3v) is 8.07. The topological polar surface area (TPSA) is 91.6 Å². The van der Waals surface area contributed by atoms with Crippen LogP contribution in [0.2, 0.25) is 0 Å². The third-order valence-electron chi connectivity index (χ3n) is 6.49. The molecule has 210 valence electrons. The lowest BCUT2D eigenvalue weighted by molar-refractivity contribution is -0.139. The third kappa shape index (κ3) is 8.61. The Morgan fingerprint density at radius 3 is 2.54 bits per heavy atom. The predicted molar refractivity (Wildman–Crippen MR) is 167 cm³/mol. The monoisotopic (exact) mass is 630 g/mol. The minimum Gasteiger partial charge on any atom is -0.489 e. The fraction of sp³-hybridized carbons (Fsp3) is 0.212. The van der Waals surface area contributed by atoms with Gasteiger partial charge in [-0.05, 0) is 69.2 Å². The molecule has 0 saturated carbocycles. The number of carboxylic acid groups (broad SMARTS) is 1. The van der Waals surface area contributed by atoms with Gasteiger partial charge in [-0.25, -0.2) is 0 Å². The average Bonchev–Trinajstić information content (AvgIpc) is 3.00. The highest BCUT2D eigenvalue weighted by Gasteiger charge is 2.18. The number of nitrogens with one attached hydrogen (secondary N) is 1. The zero-order chi connectivity index (χ0) is 29.0. The van der Waals surface area contributed by atoms with Crippen molar-refractivity contribution in [2.24, 2.45) is 0 Å². The van der Waals surface area contributed by atoms with Crippen molar-refractivity contribution in [2.45, 2.75) is 32.2 Å². The summed E-state index contributed by atoms with van der Waals surface area (Å²) in [5.41, 5.74) is 5.45. The molecule has 0 bridgehead atoms. The molecule has 0 heterocycles. The summed E-state index contributed by atoms with van der Waals surface area (Å²) in [5.74, 6) is 1.08. The quantitative estimate of drug-likeness (QED) is 0.150. The smallest absolute Gasteiger partial charge is 0.320 e. The number of aliphatic carboxylic acids is 1. The van der Waals surface area contributed by atoms with Crippen molar-refractivity contribution in [3.63, 3.8) is 0 Å². The van der Waals surface area contributed by atoms with Crippen LogP contribution in [0.4, 0.5) is 0 Å². The van der Waals surface area contributed by atoms with E-state index in [4.69, 9.17) is 9.47 Å². The predicted octanol–water partition coefficient (Wildman–Crippen LogP) is 7.44. The number of carboxylic acids is 1. The van der Waals surface area contributed by atoms with Crippen LogP contribution in [0, 0.1) is 11.3 Å². The van der Waals surface area contributed by atoms with E-state index in [0.717, 1.165) is 38.0 Å². The molecule has 4 aromatic rings. The maximum atomic E-state index is 11.7. The normalized spacial score (nSPS) is 11.4. The van der Waals surface area contributed by atoms with Crippen LogP contribution in [-0.2, 0) is 24.6 Å². The standard InChI is InChI=1S/C33H31BrN2O4S/c1-41-16-15-30(33(37)38)36-20-26-13-14-28(18-31(26)40-21-24-8-5-7-23(17-24)19-35)39-22-27-11-6-12-29(32(27)34)25-9-3-2-4-10-25/h2-14,17-18,30,36H,15-16,20-22H2,1H3,(H,37,38)/t30-/m0/s1. The number of hydrogen-bond donors (Lipinski definition) is 2. The minimum atomic E-state index is -0.877. The summed E-state index contributed by atoms with van der Waals surface area (Å²) in [6, 6.07) is 30.6. The summed E-state index contributed by atoms with van der Waals surface area (Å²) in [6.45, 7) is 0.924. The lowest BCUT2D eigenvalue weighted by atomic mass is 10.0. The van der Waals surface area contributed by atoms with Gasteiger partial charge >= 0.3 is 5.97 Å². The van der Waals surface area contributed by atoms with Gasteiger partial charge in [-0.3, -0.25) is 4.79 Å². The maximum absolute atomic E-state index is 11.7. The van der Waals surface area contributed by atoms with Crippen LogP contribution in [0.3, 0.4) is 0 Å². The van der Waals surface area contributed by atoms with Crippen molar-refractivity contribution in [3.05, 3.63) is 118 Å². The Bertz CT molecular complexity index is 1510. The van der Waals surface area contributed by atoms with E-state index in [9.17, 15) is 15.2 Å². The van der Waals surface area contributed by atoms with E-state index in [1.165, 1.54) is 0 Å². The summed E-state index contributed by atoms with van der Waals surface area (Å²) in [7, 11) is 0. The zero-order valence-electron chi connectivity index (χ0n) is 22.7. The largest absolute Gasteiger partial charge is 0.489 e. The van der Waals surface area contributed by atoms with Crippen LogP contribution < -0.4 is 14.8 Å². The Labute approximate surface area is 253 Å². The number of nitriles is 1. The highest BCUT2D eigenvalue weighted by Crippen LogP contribution is 2.32. The van der Waals surface area contributed by atoms with Crippen molar-refractivity contribution < 1.29 is 19.4 Å². The molecule has 0 radical (unpaired) electrons. The first-order valence-electron chi connectivity index (χ1n) is 13.1. The van der Waals surface area contributed by atoms with Gasteiger partial charge in [0, 0.05) is 28.2 Å². The van der Waals surface area contributed by atoms with E-state index in [0.29, 0.717) is 36.6 Å². The Morgan fingerprint density at radius 1 is 0.976 bits per heavy atom. The van der Waals surface area contributed by atoms with Crippen LogP contribution in [0.25, 0.3) is 11.1 Å². The van der Waals surface area contributed by atoms with Crippen LogP contribution >= 0.6 is 27.7 Å². The summed E-state index contributed by atoms with van der Waals surface area (Å²) in [4.78, 5) is 11.7. The number of halogens is 1. The van der Waals surface area contributed by atoms with Crippen LogP contribution in [0.1, 0.15) is 28.7 Å². The number of hydrogen-bond acceptors (Lipinski definition) is 6. The van der Waals surface area contributed by atoms with Gasteiger partial charge in [0.05, 0.1) is 11.6 Å². The van der Waals surface area contributed by atoms with E-state index >= 15 is 0 Å². The second-order valence-corrected chi connectivity index (χ2v) is 11.1. The highest BCUT2D eigenvalue weighted by atomic mass is 79.9. The molecule has 0 spiro atoms. The Hall–Kier alpha value is -3.77. The Kier molecular flexibility index (Phi) is 11.3. The van der Waals surface area contributed by atoms with Crippen molar-refractivity contribution in [1.29, 1.82) is 5.26 Å². The first-order chi connectivity index (χ1) is 20.0. The van der Waals surface area contributed by atoms with Crippen LogP contribution in [-0.4, -0.2) is 29.1 Å². The van der Waals surface area contributed by atoms with E-state index in [1.54, 1.807) is 23.9 Å².